The summed E-state index contributed by atoms with van der Waals surface area (Å²) in [5.41, 5.74) is 3.05. The highest BCUT2D eigenvalue weighted by molar-refractivity contribution is 5.95. The van der Waals surface area contributed by atoms with Crippen LogP contribution in [0.5, 0.6) is 11.5 Å². The third-order valence-electron chi connectivity index (χ3n) is 6.78. The molecule has 0 saturated heterocycles. The van der Waals surface area contributed by atoms with Crippen LogP contribution >= 0.6 is 0 Å². The highest BCUT2D eigenvalue weighted by Crippen LogP contribution is 2.52. The number of carbonyl (C=O) groups excluding carboxylic acids is 1. The lowest BCUT2D eigenvalue weighted by atomic mass is 9.87. The van der Waals surface area contributed by atoms with Gasteiger partial charge in [-0.1, -0.05) is 32.9 Å². The van der Waals surface area contributed by atoms with Crippen LogP contribution in [0, 0.1) is 11.3 Å². The smallest absolute Gasteiger partial charge is 0.395 e. The van der Waals surface area contributed by atoms with Crippen LogP contribution in [-0.2, 0) is 28.6 Å². The van der Waals surface area contributed by atoms with Crippen molar-refractivity contribution in [1.29, 1.82) is 5.26 Å². The van der Waals surface area contributed by atoms with Gasteiger partial charge in [-0.05, 0) is 54.3 Å². The molecule has 0 bridgehead atoms. The minimum Gasteiger partial charge on any atom is -0.395 e. The topological polar surface area (TPSA) is 64.2 Å². The minimum atomic E-state index is -3.67. The van der Waals surface area contributed by atoms with Crippen molar-refractivity contribution in [2.24, 2.45) is 0 Å². The number of hydrogen-bond acceptors (Lipinski definition) is 4. The van der Waals surface area contributed by atoms with Crippen LogP contribution in [0.4, 0.5) is 8.78 Å². The van der Waals surface area contributed by atoms with Crippen molar-refractivity contribution in [2.75, 3.05) is 0 Å². The lowest BCUT2D eigenvalue weighted by Gasteiger charge is -2.21. The Bertz CT molecular complexity index is 1340. The quantitative estimate of drug-likeness (QED) is 0.448. The number of alkyl halides is 2. The van der Waals surface area contributed by atoms with E-state index in [1.807, 2.05) is 18.2 Å². The first-order valence-electron chi connectivity index (χ1n) is 11.5. The van der Waals surface area contributed by atoms with Gasteiger partial charge >= 0.3 is 6.29 Å². The van der Waals surface area contributed by atoms with E-state index < -0.39 is 11.7 Å². The van der Waals surface area contributed by atoms with Gasteiger partial charge in [0.1, 0.15) is 5.78 Å². The molecule has 2 heterocycles. The fraction of sp³-hybridized carbons (Fsp3) is 0.407. The van der Waals surface area contributed by atoms with Crippen LogP contribution in [0.2, 0.25) is 0 Å². The lowest BCUT2D eigenvalue weighted by molar-refractivity contribution is -0.286. The summed E-state index contributed by atoms with van der Waals surface area (Å²) in [6.07, 6.45) is -1.62. The predicted molar refractivity (Wildman–Crippen MR) is 123 cm³/mol. The maximum absolute atomic E-state index is 13.4. The second-order valence-corrected chi connectivity index (χ2v) is 10.2. The number of rotatable bonds is 6. The van der Waals surface area contributed by atoms with E-state index in [1.54, 1.807) is 6.07 Å². The van der Waals surface area contributed by atoms with Gasteiger partial charge in [0.15, 0.2) is 11.5 Å². The largest absolute Gasteiger partial charge is 0.586 e. The molecule has 2 aliphatic rings. The zero-order valence-electron chi connectivity index (χ0n) is 19.5. The Kier molecular flexibility index (Phi) is 4.98. The molecule has 34 heavy (non-hydrogen) atoms. The zero-order chi connectivity index (χ0) is 24.3. The molecule has 5 rings (SSSR count). The standard InChI is InChI=1S/C27H26F2N2O3/c1-25(2,3)23-15-18-13-17(5-7-20(18)31(23)12-4-11-30)14-24(32)26(9-10-26)19-6-8-21-22(16-19)34-27(28,29)33-21/h5-8,13,15-16H,4,9-10,12,14H2,1-3H3. The van der Waals surface area contributed by atoms with E-state index >= 15 is 0 Å². The lowest BCUT2D eigenvalue weighted by Crippen LogP contribution is -2.26. The molecule has 0 spiro atoms. The Hall–Kier alpha value is -3.40. The summed E-state index contributed by atoms with van der Waals surface area (Å²) in [7, 11) is 0. The molecule has 176 valence electrons. The van der Waals surface area contributed by atoms with Gasteiger partial charge in [-0.25, -0.2) is 0 Å². The average molecular weight is 465 g/mol. The molecule has 3 aromatic rings. The molecular weight excluding hydrogens is 438 g/mol. The number of hydrogen-bond donors (Lipinski definition) is 0. The normalized spacial score (nSPS) is 17.5. The van der Waals surface area contributed by atoms with Crippen molar-refractivity contribution in [3.63, 3.8) is 0 Å². The summed E-state index contributed by atoms with van der Waals surface area (Å²) in [5, 5.41) is 10.1. The average Bonchev–Trinajstić information content (AvgIpc) is 3.39. The molecular formula is C27H26F2N2O3. The van der Waals surface area contributed by atoms with Crippen LogP contribution in [-0.4, -0.2) is 16.6 Å². The number of Topliss-reactive ketones (excluding diaryl/α,β-unsaturated/α-hetero) is 1. The van der Waals surface area contributed by atoms with Gasteiger partial charge in [0.05, 0.1) is 17.9 Å². The molecule has 5 nitrogen and oxygen atoms in total. The van der Waals surface area contributed by atoms with Crippen molar-refractivity contribution in [1.82, 2.24) is 4.57 Å². The molecule has 1 aliphatic carbocycles. The SMILES string of the molecule is CC(C)(C)c1cc2cc(CC(=O)C3(c4ccc5c(c4)OC(F)(F)O5)CC3)ccc2n1CCC#N. The molecule has 1 aromatic heterocycles. The second kappa shape index (κ2) is 7.56. The molecule has 0 unspecified atom stereocenters. The van der Waals surface area contributed by atoms with Gasteiger partial charge in [-0.2, -0.15) is 5.26 Å². The Morgan fingerprint density at radius 2 is 1.82 bits per heavy atom. The summed E-state index contributed by atoms with van der Waals surface area (Å²) < 4.78 is 38.0. The Morgan fingerprint density at radius 1 is 1.09 bits per heavy atom. The summed E-state index contributed by atoms with van der Waals surface area (Å²) >= 11 is 0. The van der Waals surface area contributed by atoms with E-state index in [2.05, 4.69) is 46.9 Å². The van der Waals surface area contributed by atoms with E-state index in [0.29, 0.717) is 31.4 Å². The van der Waals surface area contributed by atoms with Crippen molar-refractivity contribution in [3.8, 4) is 17.6 Å². The molecule has 1 aliphatic heterocycles. The number of aromatic nitrogens is 1. The van der Waals surface area contributed by atoms with Crippen molar-refractivity contribution in [2.45, 2.75) is 70.1 Å². The molecule has 0 N–H and O–H groups in total. The molecule has 0 amide bonds. The predicted octanol–water partition coefficient (Wildman–Crippen LogP) is 6.02. The van der Waals surface area contributed by atoms with Gasteiger partial charge in [0, 0.05) is 35.0 Å². The third kappa shape index (κ3) is 3.81. The molecule has 1 fully saturated rings. The Balaban J connectivity index is 1.41. The number of ether oxygens (including phenoxy) is 2. The van der Waals surface area contributed by atoms with E-state index in [4.69, 9.17) is 5.26 Å². The summed E-state index contributed by atoms with van der Waals surface area (Å²) in [5.74, 6) is 0.0202. The van der Waals surface area contributed by atoms with Gasteiger partial charge in [-0.15, -0.1) is 8.78 Å². The molecule has 0 radical (unpaired) electrons. The van der Waals surface area contributed by atoms with Crippen LogP contribution in [0.1, 0.15) is 56.9 Å². The van der Waals surface area contributed by atoms with E-state index in [0.717, 1.165) is 22.2 Å². The fourth-order valence-corrected chi connectivity index (χ4v) is 4.91. The first-order valence-corrected chi connectivity index (χ1v) is 11.5. The highest BCUT2D eigenvalue weighted by atomic mass is 19.3. The van der Waals surface area contributed by atoms with Crippen molar-refractivity contribution >= 4 is 16.7 Å². The fourth-order valence-electron chi connectivity index (χ4n) is 4.91. The van der Waals surface area contributed by atoms with Crippen LogP contribution < -0.4 is 9.47 Å². The Labute approximate surface area is 196 Å². The van der Waals surface area contributed by atoms with E-state index in [-0.39, 0.29) is 29.1 Å². The number of halogens is 2. The monoisotopic (exact) mass is 464 g/mol. The maximum atomic E-state index is 13.4. The Morgan fingerprint density at radius 3 is 2.50 bits per heavy atom. The van der Waals surface area contributed by atoms with Gasteiger partial charge in [-0.3, -0.25) is 4.79 Å². The van der Waals surface area contributed by atoms with Gasteiger partial charge in [0.25, 0.3) is 0 Å². The number of nitrogens with zero attached hydrogens (tertiary/aromatic N) is 2. The highest BCUT2D eigenvalue weighted by Gasteiger charge is 2.52. The van der Waals surface area contributed by atoms with Gasteiger partial charge < -0.3 is 14.0 Å². The number of carbonyl (C=O) groups is 1. The number of benzene rings is 2. The summed E-state index contributed by atoms with van der Waals surface area (Å²) in [6.45, 7) is 7.06. The minimum absolute atomic E-state index is 0.0157. The zero-order valence-corrected chi connectivity index (χ0v) is 19.5. The van der Waals surface area contributed by atoms with Crippen LogP contribution in [0.15, 0.2) is 42.5 Å². The number of aryl methyl sites for hydroxylation is 1. The molecule has 7 heteroatoms. The van der Waals surface area contributed by atoms with Crippen LogP contribution in [0.25, 0.3) is 10.9 Å². The van der Waals surface area contributed by atoms with Crippen molar-refractivity contribution < 1.29 is 23.0 Å². The number of ketones is 1. The number of fused-ring (bicyclic) bond motifs is 2. The van der Waals surface area contributed by atoms with E-state index in [9.17, 15) is 13.6 Å². The van der Waals surface area contributed by atoms with Gasteiger partial charge in [0.2, 0.25) is 0 Å². The second-order valence-electron chi connectivity index (χ2n) is 10.2. The first-order chi connectivity index (χ1) is 16.0. The summed E-state index contributed by atoms with van der Waals surface area (Å²) in [6, 6.07) is 15.0. The maximum Gasteiger partial charge on any atom is 0.586 e. The first kappa shape index (κ1) is 22.4. The number of nitriles is 1. The third-order valence-corrected chi connectivity index (χ3v) is 6.78. The molecule has 0 atom stereocenters. The van der Waals surface area contributed by atoms with Crippen LogP contribution in [0.3, 0.4) is 0 Å². The van der Waals surface area contributed by atoms with E-state index in [1.165, 1.54) is 12.1 Å². The van der Waals surface area contributed by atoms with Crippen molar-refractivity contribution in [3.05, 3.63) is 59.3 Å². The molecule has 2 aromatic carbocycles. The molecule has 1 saturated carbocycles. The summed E-state index contributed by atoms with van der Waals surface area (Å²) in [4.78, 5) is 13.4.